The zero-order chi connectivity index (χ0) is 27.7. The van der Waals surface area contributed by atoms with Crippen LogP contribution in [0.2, 0.25) is 0 Å². The van der Waals surface area contributed by atoms with E-state index in [1.807, 2.05) is 30.3 Å². The van der Waals surface area contributed by atoms with Gasteiger partial charge in [-0.2, -0.15) is 0 Å². The van der Waals surface area contributed by atoms with Gasteiger partial charge in [-0.25, -0.2) is 24.5 Å². The minimum Gasteiger partial charge on any atom is -0.480 e. The highest BCUT2D eigenvalue weighted by molar-refractivity contribution is 5.93. The van der Waals surface area contributed by atoms with Gasteiger partial charge in [-0.05, 0) is 32.8 Å². The van der Waals surface area contributed by atoms with Crippen LogP contribution in [0.5, 0.6) is 0 Å². The van der Waals surface area contributed by atoms with E-state index in [2.05, 4.69) is 30.9 Å². The summed E-state index contributed by atoms with van der Waals surface area (Å²) >= 11 is 0. The number of anilines is 1. The average Bonchev–Trinajstić information content (AvgIpc) is 3.27. The van der Waals surface area contributed by atoms with Crippen molar-refractivity contribution in [2.75, 3.05) is 11.9 Å². The normalized spacial score (nSPS) is 11.9. The first-order valence-corrected chi connectivity index (χ1v) is 11.6. The monoisotopic (exact) mass is 527 g/mol. The summed E-state index contributed by atoms with van der Waals surface area (Å²) in [7, 11) is 0. The van der Waals surface area contributed by atoms with Crippen LogP contribution in [0.4, 0.5) is 15.4 Å². The van der Waals surface area contributed by atoms with Crippen LogP contribution in [0, 0.1) is 0 Å². The van der Waals surface area contributed by atoms with Crippen molar-refractivity contribution in [2.24, 2.45) is 0 Å². The number of carbonyl (C=O) groups is 4. The smallest absolute Gasteiger partial charge is 0.413 e. The number of benzene rings is 1. The Balaban J connectivity index is 1.68. The Morgan fingerprint density at radius 2 is 1.79 bits per heavy atom. The van der Waals surface area contributed by atoms with Gasteiger partial charge in [-0.1, -0.05) is 30.3 Å². The molecule has 2 heterocycles. The van der Waals surface area contributed by atoms with E-state index < -0.39 is 42.3 Å². The minimum absolute atomic E-state index is 0.0576. The number of nitrogens with zero attached hydrogens (tertiary/aromatic N) is 4. The number of hydrogen-bond acceptors (Lipinski definition) is 9. The topological polar surface area (TPSA) is 187 Å². The van der Waals surface area contributed by atoms with E-state index in [4.69, 9.17) is 14.6 Å². The van der Waals surface area contributed by atoms with Crippen molar-refractivity contribution < 1.29 is 33.8 Å². The summed E-state index contributed by atoms with van der Waals surface area (Å²) in [5.74, 6) is -1.79. The number of hydrogen-bond donors (Lipinski definition) is 4. The van der Waals surface area contributed by atoms with Gasteiger partial charge in [0, 0.05) is 6.54 Å². The number of nitrogens with one attached hydrogen (secondary N) is 3. The Hall–Kier alpha value is -4.75. The second kappa shape index (κ2) is 12.5. The molecule has 0 saturated carbocycles. The van der Waals surface area contributed by atoms with E-state index in [0.717, 1.165) is 5.56 Å². The van der Waals surface area contributed by atoms with E-state index in [1.165, 1.54) is 12.7 Å². The van der Waals surface area contributed by atoms with Gasteiger partial charge in [0.25, 0.3) is 0 Å². The van der Waals surface area contributed by atoms with Crippen molar-refractivity contribution in [3.8, 4) is 0 Å². The number of carboxylic acids is 1. The van der Waals surface area contributed by atoms with Crippen LogP contribution in [0.1, 0.15) is 32.8 Å². The van der Waals surface area contributed by atoms with Gasteiger partial charge in [0.2, 0.25) is 5.91 Å². The van der Waals surface area contributed by atoms with Crippen molar-refractivity contribution in [1.29, 1.82) is 0 Å². The van der Waals surface area contributed by atoms with E-state index in [9.17, 15) is 19.2 Å². The number of aryl methyl sites for hydroxylation is 1. The molecule has 1 atom stereocenters. The summed E-state index contributed by atoms with van der Waals surface area (Å²) in [6.07, 6.45) is 1.19. The van der Waals surface area contributed by atoms with Crippen molar-refractivity contribution >= 4 is 41.0 Å². The van der Waals surface area contributed by atoms with E-state index in [1.54, 1.807) is 25.3 Å². The standard InChI is InChI=1S/C24H29N7O7/c1-24(2,3)38-23(36)29-16(21(34)25-11-17(32)33)9-10-31-14-28-18-19(26-13-27-20(18)31)30-22(35)37-12-15-7-5-4-6-8-15/h4-8,13-14,16H,9-12H2,1-3H3,(H,25,34)(H,29,36)(H,32,33)(H,26,27,30,35)/t16-/m0/s1. The van der Waals surface area contributed by atoms with Crippen LogP contribution < -0.4 is 16.0 Å². The number of imidazole rings is 1. The number of alkyl carbamates (subject to hydrolysis) is 1. The molecule has 0 bridgehead atoms. The quantitative estimate of drug-likeness (QED) is 0.304. The highest BCUT2D eigenvalue weighted by atomic mass is 16.6. The number of carboxylic acid groups (broad SMARTS) is 1. The third-order valence-corrected chi connectivity index (χ3v) is 4.91. The zero-order valence-corrected chi connectivity index (χ0v) is 21.1. The maximum Gasteiger partial charge on any atom is 0.413 e. The van der Waals surface area contributed by atoms with E-state index in [-0.39, 0.29) is 30.9 Å². The molecule has 0 spiro atoms. The Morgan fingerprint density at radius 1 is 1.05 bits per heavy atom. The molecule has 0 unspecified atom stereocenters. The predicted molar refractivity (Wildman–Crippen MR) is 134 cm³/mol. The van der Waals surface area contributed by atoms with Crippen LogP contribution in [0.25, 0.3) is 11.2 Å². The van der Waals surface area contributed by atoms with Crippen LogP contribution in [0.15, 0.2) is 43.0 Å². The Morgan fingerprint density at radius 3 is 2.47 bits per heavy atom. The first kappa shape index (κ1) is 27.8. The summed E-state index contributed by atoms with van der Waals surface area (Å²) in [6.45, 7) is 4.64. The average molecular weight is 528 g/mol. The second-order valence-corrected chi connectivity index (χ2v) is 9.12. The van der Waals surface area contributed by atoms with Gasteiger partial charge in [0.1, 0.15) is 31.1 Å². The van der Waals surface area contributed by atoms with Crippen LogP contribution in [-0.4, -0.2) is 66.9 Å². The van der Waals surface area contributed by atoms with Gasteiger partial charge in [-0.15, -0.1) is 0 Å². The Kier molecular flexibility index (Phi) is 9.13. The van der Waals surface area contributed by atoms with Crippen LogP contribution >= 0.6 is 0 Å². The van der Waals surface area contributed by atoms with Crippen molar-refractivity contribution in [3.05, 3.63) is 48.5 Å². The number of fused-ring (bicyclic) bond motifs is 1. The molecule has 3 amide bonds. The fourth-order valence-electron chi connectivity index (χ4n) is 3.26. The molecule has 0 aliphatic rings. The van der Waals surface area contributed by atoms with Crippen molar-refractivity contribution in [3.63, 3.8) is 0 Å². The number of rotatable bonds is 10. The van der Waals surface area contributed by atoms with Crippen molar-refractivity contribution in [2.45, 2.75) is 52.0 Å². The molecule has 38 heavy (non-hydrogen) atoms. The maximum atomic E-state index is 12.6. The van der Waals surface area contributed by atoms with Crippen molar-refractivity contribution in [1.82, 2.24) is 30.2 Å². The molecule has 14 heteroatoms. The number of carbonyl (C=O) groups excluding carboxylic acids is 3. The predicted octanol–water partition coefficient (Wildman–Crippen LogP) is 2.06. The molecular formula is C24H29N7O7. The highest BCUT2D eigenvalue weighted by Crippen LogP contribution is 2.18. The zero-order valence-electron chi connectivity index (χ0n) is 21.1. The second-order valence-electron chi connectivity index (χ2n) is 9.12. The maximum absolute atomic E-state index is 12.6. The molecule has 0 aliphatic carbocycles. The number of amides is 3. The molecule has 2 aromatic heterocycles. The fraction of sp³-hybridized carbons (Fsp3) is 0.375. The lowest BCUT2D eigenvalue weighted by molar-refractivity contribution is -0.138. The fourth-order valence-corrected chi connectivity index (χ4v) is 3.26. The minimum atomic E-state index is -1.23. The molecule has 3 aromatic rings. The SMILES string of the molecule is CC(C)(C)OC(=O)N[C@@H](CCn1cnc2c(NC(=O)OCc3ccccc3)ncnc21)C(=O)NCC(=O)O. The third-order valence-electron chi connectivity index (χ3n) is 4.91. The summed E-state index contributed by atoms with van der Waals surface area (Å²) in [5, 5.41) is 16.1. The molecule has 4 N–H and O–H groups in total. The number of aliphatic carboxylic acids is 1. The highest BCUT2D eigenvalue weighted by Gasteiger charge is 2.25. The lowest BCUT2D eigenvalue weighted by Crippen LogP contribution is -2.49. The molecule has 3 rings (SSSR count). The van der Waals surface area contributed by atoms with Gasteiger partial charge >= 0.3 is 18.2 Å². The molecule has 0 saturated heterocycles. The Bertz CT molecular complexity index is 1290. The van der Waals surface area contributed by atoms with Crippen LogP contribution in [-0.2, 0) is 32.2 Å². The lowest BCUT2D eigenvalue weighted by atomic mass is 10.2. The largest absolute Gasteiger partial charge is 0.480 e. The molecule has 0 fully saturated rings. The first-order chi connectivity index (χ1) is 18.0. The van der Waals surface area contributed by atoms with Gasteiger partial charge in [0.05, 0.1) is 6.33 Å². The summed E-state index contributed by atoms with van der Waals surface area (Å²) in [4.78, 5) is 60.5. The van der Waals surface area contributed by atoms with Gasteiger partial charge in [0.15, 0.2) is 17.0 Å². The first-order valence-electron chi connectivity index (χ1n) is 11.6. The number of ether oxygens (including phenoxy) is 2. The number of aromatic nitrogens is 4. The van der Waals surface area contributed by atoms with E-state index >= 15 is 0 Å². The summed E-state index contributed by atoms with van der Waals surface area (Å²) < 4.78 is 12.0. The van der Waals surface area contributed by atoms with E-state index in [0.29, 0.717) is 5.65 Å². The summed E-state index contributed by atoms with van der Waals surface area (Å²) in [6, 6.07) is 8.07. The van der Waals surface area contributed by atoms with Crippen LogP contribution in [0.3, 0.4) is 0 Å². The molecule has 1 aromatic carbocycles. The third kappa shape index (κ3) is 8.43. The molecule has 14 nitrogen and oxygen atoms in total. The summed E-state index contributed by atoms with van der Waals surface area (Å²) in [5.41, 5.74) is 0.674. The Labute approximate surface area is 217 Å². The lowest BCUT2D eigenvalue weighted by Gasteiger charge is -2.23. The molecule has 0 radical (unpaired) electrons. The van der Waals surface area contributed by atoms with Gasteiger partial charge in [-0.3, -0.25) is 14.9 Å². The molecule has 0 aliphatic heterocycles. The molecular weight excluding hydrogens is 498 g/mol. The van der Waals surface area contributed by atoms with Gasteiger partial charge < -0.3 is 29.8 Å². The molecule has 202 valence electrons.